The van der Waals surface area contributed by atoms with Crippen molar-refractivity contribution in [3.05, 3.63) is 60.2 Å². The first kappa shape index (κ1) is 14.9. The summed E-state index contributed by atoms with van der Waals surface area (Å²) in [4.78, 5) is 11.2. The number of carbonyl (C=O) groups excluding carboxylic acids is 1. The van der Waals surface area contributed by atoms with Crippen molar-refractivity contribution in [1.82, 2.24) is 0 Å². The Morgan fingerprint density at radius 3 is 2.29 bits per heavy atom. The van der Waals surface area contributed by atoms with E-state index in [2.05, 4.69) is 4.18 Å². The molecule has 2 aromatic carbocycles. The molecule has 0 aliphatic carbocycles. The first-order chi connectivity index (χ1) is 9.99. The Labute approximate surface area is 122 Å². The fraction of sp³-hybridized carbons (Fsp3) is 0.0714. The number of carbonyl (C=O) groups is 1. The van der Waals surface area contributed by atoms with Crippen LogP contribution in [0.3, 0.4) is 0 Å². The van der Waals surface area contributed by atoms with E-state index in [-0.39, 0.29) is 17.2 Å². The molecule has 0 spiro atoms. The van der Waals surface area contributed by atoms with Crippen molar-refractivity contribution in [1.29, 1.82) is 0 Å². The Hall–Kier alpha value is -2.54. The van der Waals surface area contributed by atoms with Gasteiger partial charge in [-0.15, -0.1) is 0 Å². The lowest BCUT2D eigenvalue weighted by Gasteiger charge is -2.08. The second-order valence-electron chi connectivity index (χ2n) is 4.10. The molecule has 0 amide bonds. The third-order valence-corrected chi connectivity index (χ3v) is 3.83. The Morgan fingerprint density at radius 1 is 1.00 bits per heavy atom. The molecule has 21 heavy (non-hydrogen) atoms. The van der Waals surface area contributed by atoms with Crippen LogP contribution in [0.1, 0.15) is 5.56 Å². The van der Waals surface area contributed by atoms with E-state index in [0.29, 0.717) is 5.56 Å². The van der Waals surface area contributed by atoms with Gasteiger partial charge in [0.15, 0.2) is 0 Å². The number of nitrogens with two attached hydrogens (primary N) is 1. The fourth-order valence-electron chi connectivity index (χ4n) is 1.58. The second kappa shape index (κ2) is 6.27. The summed E-state index contributed by atoms with van der Waals surface area (Å²) in [6.45, 7) is -0.0839. The van der Waals surface area contributed by atoms with Gasteiger partial charge in [-0.1, -0.05) is 42.5 Å². The molecule has 7 heteroatoms. The van der Waals surface area contributed by atoms with Crippen LogP contribution < -0.4 is 5.73 Å². The summed E-state index contributed by atoms with van der Waals surface area (Å²) in [6, 6.07) is 14.5. The number of hydrogen-bond acceptors (Lipinski definition) is 6. The van der Waals surface area contributed by atoms with E-state index < -0.39 is 16.3 Å². The molecule has 0 unspecified atom stereocenters. The monoisotopic (exact) mass is 307 g/mol. The molecule has 110 valence electrons. The fourth-order valence-corrected chi connectivity index (χ4v) is 2.50. The Kier molecular flexibility index (Phi) is 4.44. The number of hydrogen-bond donors (Lipinski definition) is 1. The number of rotatable bonds is 4. The molecular weight excluding hydrogens is 294 g/mol. The van der Waals surface area contributed by atoms with Crippen LogP contribution in [-0.2, 0) is 25.6 Å². The molecule has 0 aliphatic heterocycles. The van der Waals surface area contributed by atoms with E-state index in [4.69, 9.17) is 10.5 Å². The lowest BCUT2D eigenvalue weighted by atomic mass is 10.2. The highest BCUT2D eigenvalue weighted by Crippen LogP contribution is 2.20. The van der Waals surface area contributed by atoms with E-state index in [1.807, 2.05) is 6.07 Å². The predicted molar refractivity (Wildman–Crippen MR) is 75.8 cm³/mol. The van der Waals surface area contributed by atoms with Crippen molar-refractivity contribution < 1.29 is 22.1 Å². The Morgan fingerprint density at radius 2 is 1.62 bits per heavy atom. The van der Waals surface area contributed by atoms with Gasteiger partial charge in [-0.2, -0.15) is 8.42 Å². The van der Waals surface area contributed by atoms with Crippen molar-refractivity contribution in [2.45, 2.75) is 11.5 Å². The molecule has 0 aromatic heterocycles. The molecule has 0 radical (unpaired) electrons. The smallest absolute Gasteiger partial charge is 0.429 e. The zero-order valence-corrected chi connectivity index (χ0v) is 11.7. The minimum Gasteiger partial charge on any atom is -0.429 e. The summed E-state index contributed by atoms with van der Waals surface area (Å²) < 4.78 is 32.8. The summed E-state index contributed by atoms with van der Waals surface area (Å²) in [5.74, 6) is 0. The van der Waals surface area contributed by atoms with Gasteiger partial charge in [0.25, 0.3) is 0 Å². The van der Waals surface area contributed by atoms with Crippen molar-refractivity contribution in [2.75, 3.05) is 5.73 Å². The molecule has 2 rings (SSSR count). The van der Waals surface area contributed by atoms with Gasteiger partial charge in [0.1, 0.15) is 11.5 Å². The topological polar surface area (TPSA) is 95.7 Å². The average Bonchev–Trinajstić information content (AvgIpc) is 2.46. The van der Waals surface area contributed by atoms with Gasteiger partial charge >= 0.3 is 16.3 Å². The number of nitrogen functional groups attached to an aromatic ring is 1. The van der Waals surface area contributed by atoms with E-state index in [9.17, 15) is 13.2 Å². The highest BCUT2D eigenvalue weighted by molar-refractivity contribution is 7.87. The average molecular weight is 307 g/mol. The normalized spacial score (nSPS) is 10.9. The molecule has 0 saturated heterocycles. The van der Waals surface area contributed by atoms with E-state index in [0.717, 1.165) is 0 Å². The van der Waals surface area contributed by atoms with Crippen molar-refractivity contribution in [3.8, 4) is 0 Å². The molecule has 0 aliphatic rings. The number of para-hydroxylation sites is 1. The molecule has 0 heterocycles. The zero-order valence-electron chi connectivity index (χ0n) is 10.9. The number of ether oxygens (including phenoxy) is 1. The van der Waals surface area contributed by atoms with Crippen molar-refractivity contribution in [3.63, 3.8) is 0 Å². The van der Waals surface area contributed by atoms with Crippen molar-refractivity contribution >= 4 is 22.0 Å². The molecule has 0 fully saturated rings. The summed E-state index contributed by atoms with van der Waals surface area (Å²) in [5, 5.41) is 0. The maximum atomic E-state index is 11.9. The quantitative estimate of drug-likeness (QED) is 0.529. The van der Waals surface area contributed by atoms with Gasteiger partial charge in [0, 0.05) is 0 Å². The molecule has 0 atom stereocenters. The minimum atomic E-state index is -4.29. The molecular formula is C14H13NO5S. The highest BCUT2D eigenvalue weighted by Gasteiger charge is 2.23. The third-order valence-electron chi connectivity index (χ3n) is 2.57. The number of benzene rings is 2. The summed E-state index contributed by atoms with van der Waals surface area (Å²) in [5.41, 5.74) is 6.24. The molecule has 2 N–H and O–H groups in total. The van der Waals surface area contributed by atoms with Crippen LogP contribution in [0.4, 0.5) is 10.5 Å². The highest BCUT2D eigenvalue weighted by atomic mass is 32.2. The van der Waals surface area contributed by atoms with Crippen LogP contribution in [0.15, 0.2) is 59.5 Å². The Balaban J connectivity index is 2.01. The standard InChI is InChI=1S/C14H13NO5S/c15-12-8-4-5-9-13(12)21(17,18)20-14(16)19-10-11-6-2-1-3-7-11/h1-9H,10,15H2. The van der Waals surface area contributed by atoms with Crippen LogP contribution in [-0.4, -0.2) is 14.6 Å². The summed E-state index contributed by atoms with van der Waals surface area (Å²) in [7, 11) is -4.29. The molecule has 0 saturated carbocycles. The molecule has 0 bridgehead atoms. The molecule has 2 aromatic rings. The second-order valence-corrected chi connectivity index (χ2v) is 5.61. The summed E-state index contributed by atoms with van der Waals surface area (Å²) >= 11 is 0. The Bertz CT molecular complexity index is 728. The predicted octanol–water partition coefficient (Wildman–Crippen LogP) is 2.31. The molecule has 6 nitrogen and oxygen atoms in total. The van der Waals surface area contributed by atoms with Crippen LogP contribution in [0.5, 0.6) is 0 Å². The van der Waals surface area contributed by atoms with Gasteiger partial charge < -0.3 is 14.7 Å². The lowest BCUT2D eigenvalue weighted by Crippen LogP contribution is -2.15. The van der Waals surface area contributed by atoms with E-state index in [1.54, 1.807) is 30.3 Å². The SMILES string of the molecule is Nc1ccccc1S(=O)(=O)OC(=O)OCc1ccccc1. The van der Waals surface area contributed by atoms with Crippen LogP contribution in [0.25, 0.3) is 0 Å². The van der Waals surface area contributed by atoms with Gasteiger partial charge in [-0.3, -0.25) is 0 Å². The number of anilines is 1. The zero-order chi connectivity index (χ0) is 15.3. The van der Waals surface area contributed by atoms with Crippen LogP contribution in [0, 0.1) is 0 Å². The van der Waals surface area contributed by atoms with Crippen molar-refractivity contribution in [2.24, 2.45) is 0 Å². The minimum absolute atomic E-state index is 0.00615. The first-order valence-corrected chi connectivity index (χ1v) is 7.39. The third kappa shape index (κ3) is 3.96. The largest absolute Gasteiger partial charge is 0.524 e. The van der Waals surface area contributed by atoms with E-state index in [1.165, 1.54) is 18.2 Å². The van der Waals surface area contributed by atoms with E-state index >= 15 is 0 Å². The van der Waals surface area contributed by atoms with Crippen LogP contribution in [0.2, 0.25) is 0 Å². The van der Waals surface area contributed by atoms with Gasteiger partial charge in [-0.05, 0) is 17.7 Å². The maximum absolute atomic E-state index is 11.9. The maximum Gasteiger partial charge on any atom is 0.524 e. The lowest BCUT2D eigenvalue weighted by molar-refractivity contribution is 0.0951. The summed E-state index contributed by atoms with van der Waals surface area (Å²) in [6.07, 6.45) is -1.30. The van der Waals surface area contributed by atoms with Gasteiger partial charge in [0.05, 0.1) is 5.69 Å². The van der Waals surface area contributed by atoms with Crippen LogP contribution >= 0.6 is 0 Å². The first-order valence-electron chi connectivity index (χ1n) is 5.99. The van der Waals surface area contributed by atoms with Gasteiger partial charge in [-0.25, -0.2) is 4.79 Å². The van der Waals surface area contributed by atoms with Gasteiger partial charge in [0.2, 0.25) is 0 Å².